The number of esters is 1. The van der Waals surface area contributed by atoms with Gasteiger partial charge in [-0.05, 0) is 42.0 Å². The molecule has 8 heteroatoms. The first-order valence-corrected chi connectivity index (χ1v) is 8.19. The quantitative estimate of drug-likeness (QED) is 0.731. The number of nitrogens with one attached hydrogen (secondary N) is 1. The van der Waals surface area contributed by atoms with Crippen LogP contribution in [0.3, 0.4) is 0 Å². The second-order valence-corrected chi connectivity index (χ2v) is 6.42. The Morgan fingerprint density at radius 2 is 2.14 bits per heavy atom. The van der Waals surface area contributed by atoms with Crippen molar-refractivity contribution in [3.05, 3.63) is 37.3 Å². The zero-order valence-corrected chi connectivity index (χ0v) is 15.3. The first-order chi connectivity index (χ1) is 10.4. The van der Waals surface area contributed by atoms with E-state index in [1.54, 1.807) is 20.0 Å². The number of benzene rings is 1. The summed E-state index contributed by atoms with van der Waals surface area (Å²) in [6.45, 7) is 2.30. The van der Waals surface area contributed by atoms with E-state index in [9.17, 15) is 9.59 Å². The average molecular weight is 433 g/mol. The van der Waals surface area contributed by atoms with E-state index < -0.39 is 0 Å². The molecule has 0 aliphatic rings. The van der Waals surface area contributed by atoms with Gasteiger partial charge in [0.15, 0.2) is 0 Å². The van der Waals surface area contributed by atoms with Crippen LogP contribution in [0, 0.1) is 6.92 Å². The van der Waals surface area contributed by atoms with E-state index in [4.69, 9.17) is 4.74 Å². The molecule has 6 nitrogen and oxygen atoms in total. The molecule has 0 saturated heterocycles. The minimum atomic E-state index is -0.354. The van der Waals surface area contributed by atoms with Gasteiger partial charge in [-0.15, -0.1) is 0 Å². The van der Waals surface area contributed by atoms with Gasteiger partial charge in [0, 0.05) is 8.95 Å². The third kappa shape index (κ3) is 3.74. The molecule has 1 N–H and O–H groups in total. The summed E-state index contributed by atoms with van der Waals surface area (Å²) in [7, 11) is 1.67. The SMILES string of the molecule is CNCC(=O)OCCn1c(C)nc2c(Br)cc(Br)cc2c1=O. The van der Waals surface area contributed by atoms with Crippen LogP contribution in [0.5, 0.6) is 0 Å². The van der Waals surface area contributed by atoms with Crippen LogP contribution in [0.1, 0.15) is 5.82 Å². The lowest BCUT2D eigenvalue weighted by Crippen LogP contribution is -2.28. The van der Waals surface area contributed by atoms with Crippen molar-refractivity contribution in [2.24, 2.45) is 0 Å². The number of rotatable bonds is 5. The first-order valence-electron chi connectivity index (χ1n) is 6.60. The average Bonchev–Trinajstić information content (AvgIpc) is 2.44. The molecule has 0 atom stereocenters. The van der Waals surface area contributed by atoms with E-state index in [0.717, 1.165) is 8.95 Å². The second kappa shape index (κ2) is 7.34. The Balaban J connectivity index is 2.31. The number of hydrogen-bond donors (Lipinski definition) is 1. The number of aromatic nitrogens is 2. The smallest absolute Gasteiger partial charge is 0.319 e. The lowest BCUT2D eigenvalue weighted by Gasteiger charge is -2.12. The number of aryl methyl sites for hydroxylation is 1. The number of ether oxygens (including phenoxy) is 1. The highest BCUT2D eigenvalue weighted by Gasteiger charge is 2.12. The summed E-state index contributed by atoms with van der Waals surface area (Å²) in [6, 6.07) is 3.58. The van der Waals surface area contributed by atoms with Gasteiger partial charge in [0.25, 0.3) is 5.56 Å². The van der Waals surface area contributed by atoms with E-state index in [1.165, 1.54) is 4.57 Å². The molecular weight excluding hydrogens is 418 g/mol. The van der Waals surface area contributed by atoms with Crippen molar-refractivity contribution in [2.45, 2.75) is 13.5 Å². The molecule has 0 aliphatic carbocycles. The van der Waals surface area contributed by atoms with Gasteiger partial charge in [-0.1, -0.05) is 15.9 Å². The molecular formula is C14H15Br2N3O3. The second-order valence-electron chi connectivity index (χ2n) is 4.65. The van der Waals surface area contributed by atoms with Gasteiger partial charge >= 0.3 is 5.97 Å². The first kappa shape index (κ1) is 17.1. The maximum atomic E-state index is 12.6. The van der Waals surface area contributed by atoms with Crippen LogP contribution in [0.4, 0.5) is 0 Å². The lowest BCUT2D eigenvalue weighted by atomic mass is 10.2. The summed E-state index contributed by atoms with van der Waals surface area (Å²) in [5.74, 6) is 0.220. The molecule has 0 aliphatic heterocycles. The summed E-state index contributed by atoms with van der Waals surface area (Å²) in [5, 5.41) is 3.22. The van der Waals surface area contributed by atoms with Crippen LogP contribution in [-0.4, -0.2) is 35.7 Å². The number of carbonyl (C=O) groups is 1. The van der Waals surface area contributed by atoms with Crippen molar-refractivity contribution in [3.8, 4) is 0 Å². The molecule has 2 aromatic rings. The van der Waals surface area contributed by atoms with Gasteiger partial charge in [-0.3, -0.25) is 14.2 Å². The Kier molecular flexibility index (Phi) is 5.71. The molecule has 0 unspecified atom stereocenters. The Labute approximate surface area is 144 Å². The minimum Gasteiger partial charge on any atom is -0.463 e. The molecule has 2 rings (SSSR count). The number of fused-ring (bicyclic) bond motifs is 1. The lowest BCUT2D eigenvalue weighted by molar-refractivity contribution is -0.142. The number of likely N-dealkylation sites (N-methyl/N-ethyl adjacent to an activating group) is 1. The number of hydrogen-bond acceptors (Lipinski definition) is 5. The minimum absolute atomic E-state index is 0.129. The fraction of sp³-hybridized carbons (Fsp3) is 0.357. The number of halogens is 2. The predicted molar refractivity (Wildman–Crippen MR) is 91.0 cm³/mol. The monoisotopic (exact) mass is 431 g/mol. The molecule has 1 heterocycles. The van der Waals surface area contributed by atoms with Crippen molar-refractivity contribution < 1.29 is 9.53 Å². The maximum absolute atomic E-state index is 12.6. The van der Waals surface area contributed by atoms with Crippen LogP contribution >= 0.6 is 31.9 Å². The van der Waals surface area contributed by atoms with E-state index in [1.807, 2.05) is 6.07 Å². The fourth-order valence-electron chi connectivity index (χ4n) is 2.07. The summed E-state index contributed by atoms with van der Waals surface area (Å²) in [4.78, 5) is 28.3. The summed E-state index contributed by atoms with van der Waals surface area (Å²) in [6.07, 6.45) is 0. The van der Waals surface area contributed by atoms with Crippen molar-refractivity contribution in [1.29, 1.82) is 0 Å². The van der Waals surface area contributed by atoms with Crippen molar-refractivity contribution in [1.82, 2.24) is 14.9 Å². The highest BCUT2D eigenvalue weighted by molar-refractivity contribution is 9.11. The zero-order valence-electron chi connectivity index (χ0n) is 12.2. The van der Waals surface area contributed by atoms with Crippen molar-refractivity contribution in [2.75, 3.05) is 20.2 Å². The van der Waals surface area contributed by atoms with Gasteiger partial charge < -0.3 is 10.1 Å². The molecule has 1 aromatic heterocycles. The zero-order chi connectivity index (χ0) is 16.3. The largest absolute Gasteiger partial charge is 0.463 e. The molecule has 118 valence electrons. The summed E-state index contributed by atoms with van der Waals surface area (Å²) >= 11 is 6.78. The number of nitrogens with zero attached hydrogens (tertiary/aromatic N) is 2. The molecule has 0 spiro atoms. The van der Waals surface area contributed by atoms with Crippen LogP contribution in [0.2, 0.25) is 0 Å². The molecule has 0 amide bonds. The van der Waals surface area contributed by atoms with Crippen LogP contribution in [0.15, 0.2) is 25.9 Å². The van der Waals surface area contributed by atoms with Gasteiger partial charge in [0.05, 0.1) is 24.0 Å². The Bertz CT molecular complexity index is 774. The Morgan fingerprint density at radius 1 is 1.41 bits per heavy atom. The van der Waals surface area contributed by atoms with Crippen LogP contribution in [-0.2, 0) is 16.1 Å². The topological polar surface area (TPSA) is 73.2 Å². The van der Waals surface area contributed by atoms with E-state index >= 15 is 0 Å². The normalized spacial score (nSPS) is 10.9. The summed E-state index contributed by atoms with van der Waals surface area (Å²) in [5.41, 5.74) is 0.461. The highest BCUT2D eigenvalue weighted by atomic mass is 79.9. The fourth-order valence-corrected chi connectivity index (χ4v) is 3.38. The van der Waals surface area contributed by atoms with Gasteiger partial charge in [-0.25, -0.2) is 4.98 Å². The standard InChI is InChI=1S/C14H15Br2N3O3/c1-8-18-13-10(5-9(15)6-11(13)16)14(21)19(8)3-4-22-12(20)7-17-2/h5-6,17H,3-4,7H2,1-2H3. The van der Waals surface area contributed by atoms with Gasteiger partial charge in [0.2, 0.25) is 0 Å². The van der Waals surface area contributed by atoms with E-state index in [2.05, 4.69) is 42.2 Å². The number of carbonyl (C=O) groups excluding carboxylic acids is 1. The molecule has 1 aromatic carbocycles. The Hall–Kier alpha value is -1.25. The van der Waals surface area contributed by atoms with Crippen molar-refractivity contribution in [3.63, 3.8) is 0 Å². The third-order valence-electron chi connectivity index (χ3n) is 3.07. The van der Waals surface area contributed by atoms with Gasteiger partial charge in [0.1, 0.15) is 12.4 Å². The van der Waals surface area contributed by atoms with Gasteiger partial charge in [-0.2, -0.15) is 0 Å². The Morgan fingerprint density at radius 3 is 2.82 bits per heavy atom. The van der Waals surface area contributed by atoms with Crippen LogP contribution in [0.25, 0.3) is 10.9 Å². The van der Waals surface area contributed by atoms with E-state index in [0.29, 0.717) is 16.7 Å². The maximum Gasteiger partial charge on any atom is 0.319 e. The molecule has 0 radical (unpaired) electrons. The summed E-state index contributed by atoms with van der Waals surface area (Å²) < 4.78 is 8.10. The van der Waals surface area contributed by atoms with Crippen LogP contribution < -0.4 is 10.9 Å². The predicted octanol–water partition coefficient (Wildman–Crippen LogP) is 1.99. The highest BCUT2D eigenvalue weighted by Crippen LogP contribution is 2.25. The molecule has 0 saturated carbocycles. The molecule has 0 bridgehead atoms. The van der Waals surface area contributed by atoms with Crippen molar-refractivity contribution >= 4 is 48.7 Å². The molecule has 0 fully saturated rings. The third-order valence-corrected chi connectivity index (χ3v) is 4.13. The molecule has 22 heavy (non-hydrogen) atoms. The van der Waals surface area contributed by atoms with E-state index in [-0.39, 0.29) is 31.2 Å².